The molecule has 5 nitrogen and oxygen atoms in total. The largest absolute Gasteiger partial charge is 0.396 e. The molecule has 78 valence electrons. The van der Waals surface area contributed by atoms with Gasteiger partial charge >= 0.3 is 0 Å². The third kappa shape index (κ3) is 1.28. The SMILES string of the molecule is NC1C(CO)(CO)CC1(CO)CO. The van der Waals surface area contributed by atoms with Gasteiger partial charge in [-0.3, -0.25) is 0 Å². The van der Waals surface area contributed by atoms with E-state index in [1.807, 2.05) is 0 Å². The summed E-state index contributed by atoms with van der Waals surface area (Å²) in [5.41, 5.74) is 4.28. The highest BCUT2D eigenvalue weighted by molar-refractivity contribution is 5.12. The molecule has 0 bridgehead atoms. The molecular weight excluding hydrogens is 174 g/mol. The van der Waals surface area contributed by atoms with Crippen LogP contribution in [0.15, 0.2) is 0 Å². The molecule has 1 fully saturated rings. The van der Waals surface area contributed by atoms with E-state index in [-0.39, 0.29) is 26.4 Å². The van der Waals surface area contributed by atoms with Crippen molar-refractivity contribution in [1.82, 2.24) is 0 Å². The van der Waals surface area contributed by atoms with E-state index in [4.69, 9.17) is 26.2 Å². The van der Waals surface area contributed by atoms with Crippen LogP contribution in [0.2, 0.25) is 0 Å². The molecule has 6 N–H and O–H groups in total. The molecule has 0 aromatic carbocycles. The van der Waals surface area contributed by atoms with Crippen LogP contribution in [0.25, 0.3) is 0 Å². The highest BCUT2D eigenvalue weighted by atomic mass is 16.3. The Kier molecular flexibility index (Phi) is 2.94. The van der Waals surface area contributed by atoms with Gasteiger partial charge in [-0.1, -0.05) is 0 Å². The van der Waals surface area contributed by atoms with Crippen molar-refractivity contribution in [3.8, 4) is 0 Å². The van der Waals surface area contributed by atoms with E-state index < -0.39 is 16.9 Å². The lowest BCUT2D eigenvalue weighted by molar-refractivity contribution is -0.166. The van der Waals surface area contributed by atoms with Crippen molar-refractivity contribution >= 4 is 0 Å². The minimum absolute atomic E-state index is 0.216. The van der Waals surface area contributed by atoms with Gasteiger partial charge in [0.15, 0.2) is 0 Å². The van der Waals surface area contributed by atoms with E-state index in [0.717, 1.165) is 0 Å². The van der Waals surface area contributed by atoms with E-state index in [1.165, 1.54) is 0 Å². The molecular formula is C8H17NO4. The number of nitrogens with two attached hydrogens (primary N) is 1. The lowest BCUT2D eigenvalue weighted by atomic mass is 9.50. The van der Waals surface area contributed by atoms with Gasteiger partial charge in [0.05, 0.1) is 26.4 Å². The summed E-state index contributed by atoms with van der Waals surface area (Å²) in [7, 11) is 0. The molecule has 0 saturated heterocycles. The van der Waals surface area contributed by atoms with Gasteiger partial charge in [0.1, 0.15) is 0 Å². The van der Waals surface area contributed by atoms with Crippen molar-refractivity contribution in [1.29, 1.82) is 0 Å². The van der Waals surface area contributed by atoms with E-state index in [9.17, 15) is 0 Å². The zero-order valence-electron chi connectivity index (χ0n) is 7.48. The fourth-order valence-electron chi connectivity index (χ4n) is 2.16. The molecule has 0 amide bonds. The molecule has 0 radical (unpaired) electrons. The Morgan fingerprint density at radius 1 is 0.923 bits per heavy atom. The Balaban J connectivity index is 2.73. The van der Waals surface area contributed by atoms with Gasteiger partial charge in [-0.05, 0) is 6.42 Å². The Hall–Kier alpha value is -0.200. The Labute approximate surface area is 76.8 Å². The summed E-state index contributed by atoms with van der Waals surface area (Å²) in [4.78, 5) is 0. The molecule has 0 atom stereocenters. The molecule has 1 aliphatic carbocycles. The van der Waals surface area contributed by atoms with E-state index in [0.29, 0.717) is 6.42 Å². The molecule has 0 aromatic rings. The van der Waals surface area contributed by atoms with E-state index in [2.05, 4.69) is 0 Å². The fourth-order valence-corrected chi connectivity index (χ4v) is 2.16. The molecule has 0 unspecified atom stereocenters. The van der Waals surface area contributed by atoms with Crippen molar-refractivity contribution in [2.75, 3.05) is 26.4 Å². The van der Waals surface area contributed by atoms with Gasteiger partial charge in [0.25, 0.3) is 0 Å². The summed E-state index contributed by atoms with van der Waals surface area (Å²) < 4.78 is 0. The van der Waals surface area contributed by atoms with Gasteiger partial charge in [-0.25, -0.2) is 0 Å². The highest BCUT2D eigenvalue weighted by Gasteiger charge is 2.60. The highest BCUT2D eigenvalue weighted by Crippen LogP contribution is 2.52. The molecule has 1 saturated carbocycles. The second-order valence-corrected chi connectivity index (χ2v) is 4.01. The van der Waals surface area contributed by atoms with E-state index in [1.54, 1.807) is 0 Å². The normalized spacial score (nSPS) is 25.6. The zero-order chi connectivity index (χ0) is 10.1. The summed E-state index contributed by atoms with van der Waals surface area (Å²) in [5, 5.41) is 36.1. The number of rotatable bonds is 4. The van der Waals surface area contributed by atoms with Gasteiger partial charge < -0.3 is 26.2 Å². The average Bonchev–Trinajstić information content (AvgIpc) is 2.19. The van der Waals surface area contributed by atoms with E-state index >= 15 is 0 Å². The molecule has 5 heteroatoms. The topological polar surface area (TPSA) is 107 Å². The van der Waals surface area contributed by atoms with Gasteiger partial charge in [-0.2, -0.15) is 0 Å². The van der Waals surface area contributed by atoms with Crippen molar-refractivity contribution in [2.24, 2.45) is 16.6 Å². The van der Waals surface area contributed by atoms with Crippen LogP contribution in [0, 0.1) is 10.8 Å². The van der Waals surface area contributed by atoms with Crippen LogP contribution in [0.5, 0.6) is 0 Å². The zero-order valence-corrected chi connectivity index (χ0v) is 7.48. The third-order valence-corrected chi connectivity index (χ3v) is 3.28. The summed E-state index contributed by atoms with van der Waals surface area (Å²) >= 11 is 0. The summed E-state index contributed by atoms with van der Waals surface area (Å²) in [6, 6.07) is -0.551. The van der Waals surface area contributed by atoms with Gasteiger partial charge in [-0.15, -0.1) is 0 Å². The van der Waals surface area contributed by atoms with Crippen LogP contribution in [-0.4, -0.2) is 52.9 Å². The average molecular weight is 191 g/mol. The maximum atomic E-state index is 9.03. The molecule has 1 rings (SSSR count). The summed E-state index contributed by atoms with van der Waals surface area (Å²) in [6.45, 7) is -0.863. The van der Waals surface area contributed by atoms with Crippen molar-refractivity contribution in [3.05, 3.63) is 0 Å². The molecule has 1 aliphatic rings. The number of aliphatic hydroxyl groups is 4. The minimum atomic E-state index is -0.731. The Morgan fingerprint density at radius 3 is 1.38 bits per heavy atom. The standard InChI is InChI=1S/C8H17NO4/c9-6-7(2-10,3-11)1-8(6,4-12)5-13/h6,10-13H,1-5,9H2. The first-order valence-corrected chi connectivity index (χ1v) is 4.30. The van der Waals surface area contributed by atoms with Crippen LogP contribution in [0.3, 0.4) is 0 Å². The van der Waals surface area contributed by atoms with Crippen LogP contribution in [0.4, 0.5) is 0 Å². The van der Waals surface area contributed by atoms with Crippen LogP contribution in [0.1, 0.15) is 6.42 Å². The van der Waals surface area contributed by atoms with Gasteiger partial charge in [0, 0.05) is 16.9 Å². The molecule has 13 heavy (non-hydrogen) atoms. The smallest absolute Gasteiger partial charge is 0.0524 e. The maximum Gasteiger partial charge on any atom is 0.0524 e. The third-order valence-electron chi connectivity index (χ3n) is 3.28. The monoisotopic (exact) mass is 191 g/mol. The van der Waals surface area contributed by atoms with Gasteiger partial charge in [0.2, 0.25) is 0 Å². The molecule has 0 spiro atoms. The predicted octanol–water partition coefficient (Wildman–Crippen LogP) is -2.34. The number of hydrogen-bond acceptors (Lipinski definition) is 5. The second-order valence-electron chi connectivity index (χ2n) is 4.01. The van der Waals surface area contributed by atoms with Crippen LogP contribution < -0.4 is 5.73 Å². The first kappa shape index (κ1) is 10.9. The fraction of sp³-hybridized carbons (Fsp3) is 1.00. The minimum Gasteiger partial charge on any atom is -0.396 e. The van der Waals surface area contributed by atoms with Crippen molar-refractivity contribution in [3.63, 3.8) is 0 Å². The second kappa shape index (κ2) is 3.51. The number of hydrogen-bond donors (Lipinski definition) is 5. The van der Waals surface area contributed by atoms with Crippen molar-refractivity contribution < 1.29 is 20.4 Å². The first-order chi connectivity index (χ1) is 6.10. The molecule has 0 heterocycles. The quantitative estimate of drug-likeness (QED) is 0.342. The lowest BCUT2D eigenvalue weighted by Gasteiger charge is -2.59. The Bertz CT molecular complexity index is 159. The summed E-state index contributed by atoms with van der Waals surface area (Å²) in [6.07, 6.45) is 0.362. The van der Waals surface area contributed by atoms with Crippen molar-refractivity contribution in [2.45, 2.75) is 12.5 Å². The first-order valence-electron chi connectivity index (χ1n) is 4.30. The number of aliphatic hydroxyl groups excluding tert-OH is 4. The molecule has 0 aliphatic heterocycles. The van der Waals surface area contributed by atoms with Crippen LogP contribution >= 0.6 is 0 Å². The lowest BCUT2D eigenvalue weighted by Crippen LogP contribution is -2.70. The summed E-state index contributed by atoms with van der Waals surface area (Å²) in [5.74, 6) is 0. The Morgan fingerprint density at radius 2 is 1.23 bits per heavy atom. The van der Waals surface area contributed by atoms with Crippen LogP contribution in [-0.2, 0) is 0 Å². The maximum absolute atomic E-state index is 9.03. The molecule has 0 aromatic heterocycles. The predicted molar refractivity (Wildman–Crippen MR) is 45.8 cm³/mol.